The van der Waals surface area contributed by atoms with E-state index in [0.717, 1.165) is 18.4 Å². The molecule has 0 bridgehead atoms. The standard InChI is InChI=1S/C23H31NO3/c1-3-4-5-6-7-8-9-13-16-20-22(23(26)27)19(17-21(25)24(20)2)18-14-11-10-12-15-18/h10-12,14-15,17H,3-9,13,16H2,1-2H3,(H,26,27). The third-order valence-electron chi connectivity index (χ3n) is 5.13. The van der Waals surface area contributed by atoms with Crippen molar-refractivity contribution >= 4 is 5.97 Å². The molecule has 27 heavy (non-hydrogen) atoms. The molecule has 1 heterocycles. The lowest BCUT2D eigenvalue weighted by molar-refractivity contribution is 0.0695. The highest BCUT2D eigenvalue weighted by Gasteiger charge is 2.20. The van der Waals surface area contributed by atoms with Gasteiger partial charge in [0.15, 0.2) is 0 Å². The molecule has 1 N–H and O–H groups in total. The van der Waals surface area contributed by atoms with Crippen molar-refractivity contribution in [3.8, 4) is 11.1 Å². The van der Waals surface area contributed by atoms with E-state index in [0.29, 0.717) is 17.7 Å². The van der Waals surface area contributed by atoms with Gasteiger partial charge in [-0.3, -0.25) is 4.79 Å². The number of carboxylic acids is 1. The zero-order valence-corrected chi connectivity index (χ0v) is 16.5. The molecule has 4 heteroatoms. The summed E-state index contributed by atoms with van der Waals surface area (Å²) in [6, 6.07) is 10.7. The summed E-state index contributed by atoms with van der Waals surface area (Å²) in [5, 5.41) is 9.83. The molecule has 0 aliphatic rings. The quantitative estimate of drug-likeness (QED) is 0.537. The topological polar surface area (TPSA) is 59.3 Å². The zero-order chi connectivity index (χ0) is 19.6. The van der Waals surface area contributed by atoms with Crippen molar-refractivity contribution in [3.05, 3.63) is 58.0 Å². The van der Waals surface area contributed by atoms with Crippen LogP contribution in [0.2, 0.25) is 0 Å². The van der Waals surface area contributed by atoms with Crippen LogP contribution in [0.3, 0.4) is 0 Å². The van der Waals surface area contributed by atoms with Crippen molar-refractivity contribution < 1.29 is 9.90 Å². The maximum Gasteiger partial charge on any atom is 0.338 e. The molecular weight excluding hydrogens is 338 g/mol. The van der Waals surface area contributed by atoms with Gasteiger partial charge in [0.05, 0.1) is 5.56 Å². The van der Waals surface area contributed by atoms with E-state index in [1.54, 1.807) is 7.05 Å². The molecule has 2 rings (SSSR count). The van der Waals surface area contributed by atoms with Crippen molar-refractivity contribution in [2.75, 3.05) is 0 Å². The van der Waals surface area contributed by atoms with Crippen LogP contribution in [-0.2, 0) is 13.5 Å². The predicted molar refractivity (Wildman–Crippen MR) is 110 cm³/mol. The molecule has 0 atom stereocenters. The number of hydrogen-bond acceptors (Lipinski definition) is 2. The van der Waals surface area contributed by atoms with Gasteiger partial charge in [0.2, 0.25) is 0 Å². The lowest BCUT2D eigenvalue weighted by Crippen LogP contribution is -2.24. The second-order valence-electron chi connectivity index (χ2n) is 7.17. The summed E-state index contributed by atoms with van der Waals surface area (Å²) >= 11 is 0. The third kappa shape index (κ3) is 5.81. The fourth-order valence-corrected chi connectivity index (χ4v) is 3.55. The van der Waals surface area contributed by atoms with E-state index < -0.39 is 5.97 Å². The second kappa shape index (κ2) is 10.7. The molecule has 0 amide bonds. The van der Waals surface area contributed by atoms with E-state index in [2.05, 4.69) is 6.92 Å². The van der Waals surface area contributed by atoms with Crippen molar-refractivity contribution in [3.63, 3.8) is 0 Å². The Labute approximate surface area is 161 Å². The molecular formula is C23H31NO3. The van der Waals surface area contributed by atoms with Crippen LogP contribution < -0.4 is 5.56 Å². The van der Waals surface area contributed by atoms with Gasteiger partial charge in [-0.25, -0.2) is 4.79 Å². The summed E-state index contributed by atoms with van der Waals surface area (Å²) in [5.41, 5.74) is 2.00. The number of benzene rings is 1. The van der Waals surface area contributed by atoms with Gasteiger partial charge >= 0.3 is 5.97 Å². The van der Waals surface area contributed by atoms with E-state index in [1.165, 1.54) is 49.2 Å². The van der Waals surface area contributed by atoms with Crippen LogP contribution in [-0.4, -0.2) is 15.6 Å². The van der Waals surface area contributed by atoms with Gasteiger partial charge < -0.3 is 9.67 Å². The van der Waals surface area contributed by atoms with Crippen LogP contribution in [0.4, 0.5) is 0 Å². The minimum Gasteiger partial charge on any atom is -0.478 e. The van der Waals surface area contributed by atoms with Crippen LogP contribution in [0.25, 0.3) is 11.1 Å². The van der Waals surface area contributed by atoms with Crippen molar-refractivity contribution in [1.29, 1.82) is 0 Å². The Kier molecular flexibility index (Phi) is 8.31. The molecule has 4 nitrogen and oxygen atoms in total. The van der Waals surface area contributed by atoms with E-state index >= 15 is 0 Å². The van der Waals surface area contributed by atoms with Gasteiger partial charge in [-0.05, 0) is 18.4 Å². The lowest BCUT2D eigenvalue weighted by atomic mass is 9.96. The Balaban J connectivity index is 2.14. The molecule has 1 aromatic carbocycles. The Morgan fingerprint density at radius 2 is 1.56 bits per heavy atom. The highest BCUT2D eigenvalue weighted by Crippen LogP contribution is 2.26. The molecule has 146 valence electrons. The highest BCUT2D eigenvalue weighted by molar-refractivity contribution is 5.97. The first-order valence-corrected chi connectivity index (χ1v) is 10.1. The van der Waals surface area contributed by atoms with E-state index in [4.69, 9.17) is 0 Å². The number of pyridine rings is 1. The second-order valence-corrected chi connectivity index (χ2v) is 7.17. The zero-order valence-electron chi connectivity index (χ0n) is 16.5. The first kappa shape index (κ1) is 20.9. The molecule has 0 saturated heterocycles. The fourth-order valence-electron chi connectivity index (χ4n) is 3.55. The number of aromatic carboxylic acids is 1. The first-order chi connectivity index (χ1) is 13.1. The summed E-state index contributed by atoms with van der Waals surface area (Å²) < 4.78 is 1.50. The fraction of sp³-hybridized carbons (Fsp3) is 0.478. The van der Waals surface area contributed by atoms with Gasteiger partial charge in [-0.1, -0.05) is 82.2 Å². The smallest absolute Gasteiger partial charge is 0.338 e. The number of carboxylic acid groups (broad SMARTS) is 1. The number of unbranched alkanes of at least 4 members (excludes halogenated alkanes) is 7. The number of rotatable bonds is 11. The van der Waals surface area contributed by atoms with Gasteiger partial charge in [-0.15, -0.1) is 0 Å². The molecule has 0 saturated carbocycles. The van der Waals surface area contributed by atoms with Gasteiger partial charge in [0, 0.05) is 24.4 Å². The van der Waals surface area contributed by atoms with E-state index in [9.17, 15) is 14.7 Å². The van der Waals surface area contributed by atoms with Crippen LogP contribution >= 0.6 is 0 Å². The summed E-state index contributed by atoms with van der Waals surface area (Å²) in [6.45, 7) is 2.22. The predicted octanol–water partition coefficient (Wildman–Crippen LogP) is 5.43. The molecule has 1 aromatic heterocycles. The largest absolute Gasteiger partial charge is 0.478 e. The number of nitrogens with zero attached hydrogens (tertiary/aromatic N) is 1. The average Bonchev–Trinajstić information content (AvgIpc) is 2.67. The van der Waals surface area contributed by atoms with Crippen LogP contribution in [0.5, 0.6) is 0 Å². The minimum absolute atomic E-state index is 0.159. The molecule has 0 spiro atoms. The molecule has 0 radical (unpaired) electrons. The molecule has 0 aliphatic carbocycles. The van der Waals surface area contributed by atoms with Gasteiger partial charge in [-0.2, -0.15) is 0 Å². The summed E-state index contributed by atoms with van der Waals surface area (Å²) in [7, 11) is 1.67. The summed E-state index contributed by atoms with van der Waals surface area (Å²) in [4.78, 5) is 24.4. The van der Waals surface area contributed by atoms with Gasteiger partial charge in [0.25, 0.3) is 5.56 Å². The van der Waals surface area contributed by atoms with Crippen molar-refractivity contribution in [2.45, 2.75) is 64.7 Å². The van der Waals surface area contributed by atoms with Gasteiger partial charge in [0.1, 0.15) is 0 Å². The van der Waals surface area contributed by atoms with Crippen LogP contribution in [0.1, 0.15) is 74.3 Å². The number of carbonyl (C=O) groups is 1. The van der Waals surface area contributed by atoms with Crippen LogP contribution in [0.15, 0.2) is 41.2 Å². The average molecular weight is 370 g/mol. The van der Waals surface area contributed by atoms with E-state index in [-0.39, 0.29) is 11.1 Å². The summed E-state index contributed by atoms with van der Waals surface area (Å²) in [5.74, 6) is -0.973. The maximum atomic E-state index is 12.4. The normalized spacial score (nSPS) is 10.9. The summed E-state index contributed by atoms with van der Waals surface area (Å²) in [6.07, 6.45) is 10.1. The monoisotopic (exact) mass is 369 g/mol. The van der Waals surface area contributed by atoms with E-state index in [1.807, 2.05) is 30.3 Å². The molecule has 0 aliphatic heterocycles. The Morgan fingerprint density at radius 1 is 0.963 bits per heavy atom. The lowest BCUT2D eigenvalue weighted by Gasteiger charge is -2.16. The maximum absolute atomic E-state index is 12.4. The first-order valence-electron chi connectivity index (χ1n) is 10.1. The molecule has 0 unspecified atom stereocenters. The molecule has 2 aromatic rings. The van der Waals surface area contributed by atoms with Crippen molar-refractivity contribution in [2.24, 2.45) is 7.05 Å². The Hall–Kier alpha value is -2.36. The highest BCUT2D eigenvalue weighted by atomic mass is 16.4. The Bertz CT molecular complexity index is 793. The third-order valence-corrected chi connectivity index (χ3v) is 5.13. The molecule has 0 fully saturated rings. The van der Waals surface area contributed by atoms with Crippen LogP contribution in [0, 0.1) is 0 Å². The minimum atomic E-state index is -0.973. The number of hydrogen-bond donors (Lipinski definition) is 1. The number of aromatic nitrogens is 1. The SMILES string of the molecule is CCCCCCCCCCc1c(C(=O)O)c(-c2ccccc2)cc(=O)n1C. The Morgan fingerprint density at radius 3 is 2.15 bits per heavy atom. The van der Waals surface area contributed by atoms with Crippen molar-refractivity contribution in [1.82, 2.24) is 4.57 Å².